The van der Waals surface area contributed by atoms with Crippen molar-refractivity contribution in [2.45, 2.75) is 6.92 Å². The molecule has 1 amide bonds. The number of hydrogen-bond donors (Lipinski definition) is 2. The Morgan fingerprint density at radius 3 is 2.62 bits per heavy atom. The van der Waals surface area contributed by atoms with Crippen LogP contribution in [0.15, 0.2) is 36.7 Å². The fraction of sp³-hybridized carbons (Fsp3) is 0.267. The third-order valence-electron chi connectivity index (χ3n) is 2.87. The van der Waals surface area contributed by atoms with Crippen LogP contribution in [0.5, 0.6) is 5.75 Å². The van der Waals surface area contributed by atoms with Crippen LogP contribution in [0.2, 0.25) is 0 Å². The number of benzene rings is 1. The monoisotopic (exact) mass is 286 g/mol. The number of rotatable bonds is 6. The molecule has 0 spiro atoms. The number of methoxy groups -OCH3 is 1. The maximum Gasteiger partial charge on any atom is 0.251 e. The number of hydrogen-bond acceptors (Lipinski definition) is 5. The van der Waals surface area contributed by atoms with Crippen molar-refractivity contribution in [2.24, 2.45) is 0 Å². The molecule has 21 heavy (non-hydrogen) atoms. The van der Waals surface area contributed by atoms with E-state index >= 15 is 0 Å². The molecule has 0 atom stereocenters. The molecule has 0 unspecified atom stereocenters. The van der Waals surface area contributed by atoms with Gasteiger partial charge in [-0.15, -0.1) is 0 Å². The van der Waals surface area contributed by atoms with Gasteiger partial charge < -0.3 is 15.4 Å². The lowest BCUT2D eigenvalue weighted by Crippen LogP contribution is -2.28. The SMILES string of the molecule is COc1ccc(C(=O)NCCNc2cc(C)ncn2)cc1. The van der Waals surface area contributed by atoms with Crippen LogP contribution < -0.4 is 15.4 Å². The van der Waals surface area contributed by atoms with Gasteiger partial charge in [-0.3, -0.25) is 4.79 Å². The Balaban J connectivity index is 1.76. The molecular weight excluding hydrogens is 268 g/mol. The first-order valence-corrected chi connectivity index (χ1v) is 6.64. The van der Waals surface area contributed by atoms with E-state index in [0.29, 0.717) is 18.7 Å². The highest BCUT2D eigenvalue weighted by Gasteiger charge is 2.04. The van der Waals surface area contributed by atoms with Crippen molar-refractivity contribution >= 4 is 11.7 Å². The first-order valence-electron chi connectivity index (χ1n) is 6.64. The molecule has 6 heteroatoms. The van der Waals surface area contributed by atoms with Gasteiger partial charge in [0.25, 0.3) is 5.91 Å². The molecule has 1 heterocycles. The fourth-order valence-corrected chi connectivity index (χ4v) is 1.76. The zero-order chi connectivity index (χ0) is 15.1. The van der Waals surface area contributed by atoms with Crippen LogP contribution in [0.25, 0.3) is 0 Å². The molecule has 0 saturated heterocycles. The predicted molar refractivity (Wildman–Crippen MR) is 80.6 cm³/mol. The van der Waals surface area contributed by atoms with E-state index in [0.717, 1.165) is 17.3 Å². The van der Waals surface area contributed by atoms with Crippen LogP contribution in [-0.4, -0.2) is 36.1 Å². The maximum absolute atomic E-state index is 11.9. The predicted octanol–water partition coefficient (Wildman–Crippen LogP) is 1.64. The first kappa shape index (κ1) is 14.8. The quantitative estimate of drug-likeness (QED) is 0.789. The third kappa shape index (κ3) is 4.45. The molecular formula is C15H18N4O2. The number of nitrogens with zero attached hydrogens (tertiary/aromatic N) is 2. The van der Waals surface area contributed by atoms with E-state index in [-0.39, 0.29) is 5.91 Å². The molecule has 2 aromatic rings. The van der Waals surface area contributed by atoms with Gasteiger partial charge >= 0.3 is 0 Å². The third-order valence-corrected chi connectivity index (χ3v) is 2.87. The van der Waals surface area contributed by atoms with E-state index in [1.54, 1.807) is 31.4 Å². The lowest BCUT2D eigenvalue weighted by atomic mass is 10.2. The second-order valence-corrected chi connectivity index (χ2v) is 4.46. The number of amides is 1. The molecule has 2 N–H and O–H groups in total. The largest absolute Gasteiger partial charge is 0.497 e. The molecule has 0 bridgehead atoms. The van der Waals surface area contributed by atoms with Gasteiger partial charge in [0.05, 0.1) is 7.11 Å². The molecule has 110 valence electrons. The summed E-state index contributed by atoms with van der Waals surface area (Å²) in [4.78, 5) is 20.0. The van der Waals surface area contributed by atoms with E-state index in [4.69, 9.17) is 4.74 Å². The normalized spacial score (nSPS) is 10.0. The van der Waals surface area contributed by atoms with Gasteiger partial charge in [0.2, 0.25) is 0 Å². The van der Waals surface area contributed by atoms with Gasteiger partial charge in [0.1, 0.15) is 17.9 Å². The maximum atomic E-state index is 11.9. The molecule has 0 radical (unpaired) electrons. The summed E-state index contributed by atoms with van der Waals surface area (Å²) in [6.45, 7) is 3.00. The Hall–Kier alpha value is -2.63. The second-order valence-electron chi connectivity index (χ2n) is 4.46. The number of anilines is 1. The van der Waals surface area contributed by atoms with Crippen molar-refractivity contribution < 1.29 is 9.53 Å². The van der Waals surface area contributed by atoms with Crippen LogP contribution in [0.4, 0.5) is 5.82 Å². The molecule has 0 fully saturated rings. The summed E-state index contributed by atoms with van der Waals surface area (Å²) in [6.07, 6.45) is 1.51. The van der Waals surface area contributed by atoms with Crippen LogP contribution >= 0.6 is 0 Å². The summed E-state index contributed by atoms with van der Waals surface area (Å²) in [6, 6.07) is 8.84. The molecule has 6 nitrogen and oxygen atoms in total. The topological polar surface area (TPSA) is 76.1 Å². The summed E-state index contributed by atoms with van der Waals surface area (Å²) in [5.74, 6) is 1.37. The van der Waals surface area contributed by atoms with Gasteiger partial charge in [0.15, 0.2) is 0 Å². The number of ether oxygens (including phenoxy) is 1. The highest BCUT2D eigenvalue weighted by molar-refractivity contribution is 5.94. The lowest BCUT2D eigenvalue weighted by molar-refractivity contribution is 0.0955. The molecule has 2 rings (SSSR count). The number of aromatic nitrogens is 2. The lowest BCUT2D eigenvalue weighted by Gasteiger charge is -2.08. The van der Waals surface area contributed by atoms with Gasteiger partial charge in [-0.05, 0) is 31.2 Å². The standard InChI is InChI=1S/C15H18N4O2/c1-11-9-14(19-10-18-11)16-7-8-17-15(20)12-3-5-13(21-2)6-4-12/h3-6,9-10H,7-8H2,1-2H3,(H,17,20)(H,16,18,19). The van der Waals surface area contributed by atoms with Crippen LogP contribution in [0, 0.1) is 6.92 Å². The Morgan fingerprint density at radius 1 is 1.19 bits per heavy atom. The number of carbonyl (C=O) groups excluding carboxylic acids is 1. The number of aryl methyl sites for hydroxylation is 1. The molecule has 1 aromatic heterocycles. The zero-order valence-electron chi connectivity index (χ0n) is 12.1. The van der Waals surface area contributed by atoms with Crippen molar-refractivity contribution in [1.82, 2.24) is 15.3 Å². The van der Waals surface area contributed by atoms with Gasteiger partial charge in [0, 0.05) is 30.4 Å². The number of nitrogens with one attached hydrogen (secondary N) is 2. The number of carbonyl (C=O) groups is 1. The average Bonchev–Trinajstić information content (AvgIpc) is 2.51. The highest BCUT2D eigenvalue weighted by Crippen LogP contribution is 2.10. The molecule has 1 aromatic carbocycles. The van der Waals surface area contributed by atoms with Crippen LogP contribution in [0.1, 0.15) is 16.1 Å². The summed E-state index contributed by atoms with van der Waals surface area (Å²) in [5, 5.41) is 5.96. The Morgan fingerprint density at radius 2 is 1.95 bits per heavy atom. The summed E-state index contributed by atoms with van der Waals surface area (Å²) in [7, 11) is 1.59. The van der Waals surface area contributed by atoms with Gasteiger partial charge in [-0.2, -0.15) is 0 Å². The van der Waals surface area contributed by atoms with Crippen molar-refractivity contribution in [3.05, 3.63) is 47.9 Å². The van der Waals surface area contributed by atoms with Crippen LogP contribution in [-0.2, 0) is 0 Å². The highest BCUT2D eigenvalue weighted by atomic mass is 16.5. The van der Waals surface area contributed by atoms with Crippen LogP contribution in [0.3, 0.4) is 0 Å². The summed E-state index contributed by atoms with van der Waals surface area (Å²) >= 11 is 0. The van der Waals surface area contributed by atoms with Crippen molar-refractivity contribution in [1.29, 1.82) is 0 Å². The first-order chi connectivity index (χ1) is 10.2. The van der Waals surface area contributed by atoms with E-state index in [1.165, 1.54) is 6.33 Å². The van der Waals surface area contributed by atoms with E-state index in [2.05, 4.69) is 20.6 Å². The molecule has 0 aliphatic rings. The second kappa shape index (κ2) is 7.23. The summed E-state index contributed by atoms with van der Waals surface area (Å²) in [5.41, 5.74) is 1.50. The zero-order valence-corrected chi connectivity index (χ0v) is 12.1. The van der Waals surface area contributed by atoms with E-state index in [9.17, 15) is 4.79 Å². The average molecular weight is 286 g/mol. The summed E-state index contributed by atoms with van der Waals surface area (Å²) < 4.78 is 5.05. The molecule has 0 saturated carbocycles. The smallest absolute Gasteiger partial charge is 0.251 e. The minimum absolute atomic E-state index is 0.113. The van der Waals surface area contributed by atoms with E-state index < -0.39 is 0 Å². The molecule has 0 aliphatic carbocycles. The Kier molecular flexibility index (Phi) is 5.09. The van der Waals surface area contributed by atoms with E-state index in [1.807, 2.05) is 13.0 Å². The van der Waals surface area contributed by atoms with Gasteiger partial charge in [-0.1, -0.05) is 0 Å². The molecule has 0 aliphatic heterocycles. The fourth-order valence-electron chi connectivity index (χ4n) is 1.76. The van der Waals surface area contributed by atoms with Gasteiger partial charge in [-0.25, -0.2) is 9.97 Å². The van der Waals surface area contributed by atoms with Crippen molar-refractivity contribution in [2.75, 3.05) is 25.5 Å². The minimum atomic E-state index is -0.113. The van der Waals surface area contributed by atoms with Crippen molar-refractivity contribution in [3.63, 3.8) is 0 Å². The van der Waals surface area contributed by atoms with Crippen molar-refractivity contribution in [3.8, 4) is 5.75 Å². The Labute approximate surface area is 123 Å². The Bertz CT molecular complexity index is 599. The minimum Gasteiger partial charge on any atom is -0.497 e.